The minimum absolute atomic E-state index is 0.0687. The summed E-state index contributed by atoms with van der Waals surface area (Å²) in [6.07, 6.45) is 3.63. The molecule has 0 aromatic heterocycles. The normalized spacial score (nSPS) is 21.6. The number of sulfonamides is 1. The van der Waals surface area contributed by atoms with Crippen LogP contribution in [0.1, 0.15) is 18.4 Å². The molecule has 110 valence electrons. The summed E-state index contributed by atoms with van der Waals surface area (Å²) in [6.45, 7) is 1.85. The Balaban J connectivity index is 2.07. The number of hydrogen-bond donors (Lipinski definition) is 0. The number of likely N-dealkylation sites (N-methyl/N-ethyl adjacent to an activating group) is 2. The molecule has 0 spiro atoms. The first-order valence-corrected chi connectivity index (χ1v) is 8.39. The Hall–Kier alpha value is -1.17. The lowest BCUT2D eigenvalue weighted by molar-refractivity contribution is 0.188. The minimum Gasteiger partial charge on any atom is -0.305 e. The van der Waals surface area contributed by atoms with Crippen LogP contribution in [0.4, 0.5) is 0 Å². The van der Waals surface area contributed by atoms with E-state index in [1.54, 1.807) is 13.1 Å². The van der Waals surface area contributed by atoms with E-state index in [9.17, 15) is 8.42 Å². The van der Waals surface area contributed by atoms with Crippen molar-refractivity contribution in [3.63, 3.8) is 0 Å². The van der Waals surface area contributed by atoms with Crippen LogP contribution in [0.3, 0.4) is 0 Å². The van der Waals surface area contributed by atoms with Gasteiger partial charge in [-0.1, -0.05) is 30.3 Å². The Morgan fingerprint density at radius 1 is 1.30 bits per heavy atom. The Labute approximate surface area is 121 Å². The van der Waals surface area contributed by atoms with Gasteiger partial charge in [0, 0.05) is 25.0 Å². The standard InChI is InChI=1S/C15H22N2O2S/c1-16-11-6-9-15(13-16)17(2)20(18,19)12-10-14-7-4-3-5-8-14/h3-5,7-8,10,12,15H,6,9,11,13H2,1-2H3. The smallest absolute Gasteiger partial charge is 0.236 e. The van der Waals surface area contributed by atoms with Crippen molar-refractivity contribution in [2.24, 2.45) is 0 Å². The fourth-order valence-corrected chi connectivity index (χ4v) is 3.58. The number of benzene rings is 1. The molecule has 1 aromatic rings. The lowest BCUT2D eigenvalue weighted by Gasteiger charge is -2.34. The highest BCUT2D eigenvalue weighted by Crippen LogP contribution is 2.17. The van der Waals surface area contributed by atoms with E-state index in [-0.39, 0.29) is 6.04 Å². The SMILES string of the molecule is CN1CCCC(N(C)S(=O)(=O)C=Cc2ccccc2)C1. The van der Waals surface area contributed by atoms with Crippen molar-refractivity contribution in [2.75, 3.05) is 27.2 Å². The molecule has 1 aliphatic heterocycles. The van der Waals surface area contributed by atoms with Crippen LogP contribution in [0, 0.1) is 0 Å². The summed E-state index contributed by atoms with van der Waals surface area (Å²) in [5.41, 5.74) is 0.894. The van der Waals surface area contributed by atoms with Crippen molar-refractivity contribution >= 4 is 16.1 Å². The summed E-state index contributed by atoms with van der Waals surface area (Å²) in [4.78, 5) is 2.18. The first kappa shape index (κ1) is 15.2. The van der Waals surface area contributed by atoms with Gasteiger partial charge in [0.15, 0.2) is 0 Å². The average molecular weight is 294 g/mol. The summed E-state index contributed by atoms with van der Waals surface area (Å²) in [5, 5.41) is 1.30. The molecule has 1 heterocycles. The maximum absolute atomic E-state index is 12.3. The van der Waals surface area contributed by atoms with E-state index in [2.05, 4.69) is 4.90 Å². The third-order valence-corrected chi connectivity index (χ3v) is 5.33. The molecule has 0 radical (unpaired) electrons. The van der Waals surface area contributed by atoms with E-state index in [0.717, 1.165) is 31.5 Å². The van der Waals surface area contributed by atoms with Gasteiger partial charge in [-0.15, -0.1) is 0 Å². The molecule has 4 nitrogen and oxygen atoms in total. The number of piperidine rings is 1. The average Bonchev–Trinajstić information content (AvgIpc) is 2.45. The topological polar surface area (TPSA) is 40.6 Å². The molecule has 1 atom stereocenters. The first-order chi connectivity index (χ1) is 9.49. The molecule has 1 unspecified atom stereocenters. The molecule has 1 saturated heterocycles. The van der Waals surface area contributed by atoms with Gasteiger partial charge in [-0.3, -0.25) is 0 Å². The summed E-state index contributed by atoms with van der Waals surface area (Å²) in [7, 11) is 0.354. The largest absolute Gasteiger partial charge is 0.305 e. The van der Waals surface area contributed by atoms with Gasteiger partial charge in [-0.25, -0.2) is 8.42 Å². The summed E-state index contributed by atoms with van der Waals surface area (Å²) >= 11 is 0. The highest BCUT2D eigenvalue weighted by atomic mass is 32.2. The van der Waals surface area contributed by atoms with Crippen LogP contribution in [0.25, 0.3) is 6.08 Å². The van der Waals surface area contributed by atoms with Gasteiger partial charge in [-0.2, -0.15) is 4.31 Å². The van der Waals surface area contributed by atoms with Gasteiger partial charge in [0.05, 0.1) is 0 Å². The number of hydrogen-bond acceptors (Lipinski definition) is 3. The van der Waals surface area contributed by atoms with Crippen LogP contribution in [0.15, 0.2) is 35.7 Å². The van der Waals surface area contributed by atoms with E-state index in [1.165, 1.54) is 9.71 Å². The summed E-state index contributed by atoms with van der Waals surface area (Å²) < 4.78 is 26.2. The van der Waals surface area contributed by atoms with Crippen LogP contribution in [0.2, 0.25) is 0 Å². The summed E-state index contributed by atoms with van der Waals surface area (Å²) in [6, 6.07) is 9.55. The van der Waals surface area contributed by atoms with Crippen molar-refractivity contribution in [1.82, 2.24) is 9.21 Å². The molecule has 0 aliphatic carbocycles. The molecule has 0 saturated carbocycles. The monoisotopic (exact) mass is 294 g/mol. The van der Waals surface area contributed by atoms with Gasteiger partial charge >= 0.3 is 0 Å². The van der Waals surface area contributed by atoms with E-state index >= 15 is 0 Å². The van der Waals surface area contributed by atoms with Crippen LogP contribution in [-0.2, 0) is 10.0 Å². The zero-order valence-corrected chi connectivity index (χ0v) is 12.9. The van der Waals surface area contributed by atoms with E-state index < -0.39 is 10.0 Å². The molecule has 0 amide bonds. The molecular formula is C15H22N2O2S. The van der Waals surface area contributed by atoms with Gasteiger partial charge < -0.3 is 4.90 Å². The predicted octanol–water partition coefficient (Wildman–Crippen LogP) is 2.01. The Bertz CT molecular complexity index is 554. The van der Waals surface area contributed by atoms with Gasteiger partial charge in [0.1, 0.15) is 0 Å². The molecule has 1 fully saturated rings. The van der Waals surface area contributed by atoms with Crippen molar-refractivity contribution in [3.05, 3.63) is 41.3 Å². The zero-order valence-electron chi connectivity index (χ0n) is 12.1. The second-order valence-corrected chi connectivity index (χ2v) is 7.21. The second-order valence-electron chi connectivity index (χ2n) is 5.33. The third-order valence-electron chi connectivity index (χ3n) is 3.75. The Morgan fingerprint density at radius 3 is 2.65 bits per heavy atom. The van der Waals surface area contributed by atoms with Crippen molar-refractivity contribution in [1.29, 1.82) is 0 Å². The molecule has 0 N–H and O–H groups in total. The number of rotatable bonds is 4. The minimum atomic E-state index is -3.36. The maximum atomic E-state index is 12.3. The van der Waals surface area contributed by atoms with Crippen molar-refractivity contribution in [2.45, 2.75) is 18.9 Å². The van der Waals surface area contributed by atoms with Gasteiger partial charge in [-0.05, 0) is 38.1 Å². The van der Waals surface area contributed by atoms with Crippen LogP contribution in [0.5, 0.6) is 0 Å². The Kier molecular flexibility index (Phi) is 4.96. The molecule has 1 aliphatic rings. The maximum Gasteiger partial charge on any atom is 0.236 e. The fraction of sp³-hybridized carbons (Fsp3) is 0.467. The molecule has 20 heavy (non-hydrogen) atoms. The molecule has 0 bridgehead atoms. The lowest BCUT2D eigenvalue weighted by Crippen LogP contribution is -2.46. The van der Waals surface area contributed by atoms with Crippen molar-refractivity contribution in [3.8, 4) is 0 Å². The van der Waals surface area contributed by atoms with E-state index in [0.29, 0.717) is 0 Å². The zero-order chi connectivity index (χ0) is 14.6. The van der Waals surface area contributed by atoms with E-state index in [1.807, 2.05) is 37.4 Å². The highest BCUT2D eigenvalue weighted by molar-refractivity contribution is 7.92. The number of nitrogens with zero attached hydrogens (tertiary/aromatic N) is 2. The molecule has 1 aromatic carbocycles. The highest BCUT2D eigenvalue weighted by Gasteiger charge is 2.27. The van der Waals surface area contributed by atoms with Crippen LogP contribution >= 0.6 is 0 Å². The lowest BCUT2D eigenvalue weighted by atomic mass is 10.1. The fourth-order valence-electron chi connectivity index (χ4n) is 2.47. The van der Waals surface area contributed by atoms with Gasteiger partial charge in [0.2, 0.25) is 10.0 Å². The predicted molar refractivity (Wildman–Crippen MR) is 82.7 cm³/mol. The first-order valence-electron chi connectivity index (χ1n) is 6.89. The van der Waals surface area contributed by atoms with Crippen LogP contribution < -0.4 is 0 Å². The number of likely N-dealkylation sites (tertiary alicyclic amines) is 1. The van der Waals surface area contributed by atoms with Crippen molar-refractivity contribution < 1.29 is 8.42 Å². The third kappa shape index (κ3) is 3.91. The van der Waals surface area contributed by atoms with Gasteiger partial charge in [0.25, 0.3) is 0 Å². The molecular weight excluding hydrogens is 272 g/mol. The van der Waals surface area contributed by atoms with E-state index in [4.69, 9.17) is 0 Å². The second kappa shape index (κ2) is 6.52. The molecule has 5 heteroatoms. The quantitative estimate of drug-likeness (QED) is 0.853. The van der Waals surface area contributed by atoms with Crippen LogP contribution in [-0.4, -0.2) is 50.8 Å². The Morgan fingerprint density at radius 2 is 2.00 bits per heavy atom. The summed E-state index contributed by atoms with van der Waals surface area (Å²) in [5.74, 6) is 0. The molecule has 2 rings (SSSR count).